The molecule has 0 heterocycles. The van der Waals surface area contributed by atoms with Crippen LogP contribution >= 0.6 is 0 Å². The molecule has 6 nitrogen and oxygen atoms in total. The van der Waals surface area contributed by atoms with Gasteiger partial charge < -0.3 is 10.2 Å². The van der Waals surface area contributed by atoms with E-state index in [1.807, 2.05) is 6.92 Å². The number of rotatable bonds is 6. The topological polar surface area (TPSA) is 78.5 Å². The zero-order valence-corrected chi connectivity index (χ0v) is 13.0. The zero-order chi connectivity index (χ0) is 15.3. The molecule has 2 N–H and O–H groups in total. The molecule has 0 aliphatic heterocycles. The molecule has 0 saturated carbocycles. The second kappa shape index (κ2) is 6.83. The van der Waals surface area contributed by atoms with E-state index >= 15 is 0 Å². The summed E-state index contributed by atoms with van der Waals surface area (Å²) in [5.41, 5.74) is 0.347. The minimum absolute atomic E-state index is 0.0244. The van der Waals surface area contributed by atoms with Gasteiger partial charge in [0, 0.05) is 32.2 Å². The van der Waals surface area contributed by atoms with Crippen molar-refractivity contribution >= 4 is 15.9 Å². The van der Waals surface area contributed by atoms with Crippen molar-refractivity contribution in [1.82, 2.24) is 14.9 Å². The van der Waals surface area contributed by atoms with Crippen LogP contribution in [0, 0.1) is 0 Å². The predicted octanol–water partition coefficient (Wildman–Crippen LogP) is 0.275. The van der Waals surface area contributed by atoms with Crippen LogP contribution in [0.2, 0.25) is 0 Å². The highest BCUT2D eigenvalue weighted by molar-refractivity contribution is 7.89. The molecule has 1 rings (SSSR count). The fourth-order valence-electron chi connectivity index (χ4n) is 1.47. The zero-order valence-electron chi connectivity index (χ0n) is 12.2. The Labute approximate surface area is 120 Å². The van der Waals surface area contributed by atoms with Crippen molar-refractivity contribution in [2.75, 3.05) is 27.7 Å². The van der Waals surface area contributed by atoms with Gasteiger partial charge >= 0.3 is 0 Å². The number of amides is 1. The smallest absolute Gasteiger partial charge is 0.253 e. The number of benzene rings is 1. The summed E-state index contributed by atoms with van der Waals surface area (Å²) in [4.78, 5) is 13.3. The highest BCUT2D eigenvalue weighted by Crippen LogP contribution is 2.12. The van der Waals surface area contributed by atoms with E-state index < -0.39 is 10.0 Å². The Hall–Kier alpha value is -1.44. The van der Waals surface area contributed by atoms with E-state index in [4.69, 9.17) is 0 Å². The van der Waals surface area contributed by atoms with E-state index in [1.165, 1.54) is 17.0 Å². The van der Waals surface area contributed by atoms with E-state index in [1.54, 1.807) is 33.3 Å². The standard InChI is InChI=1S/C13H21N3O3S/c1-10(14-2)9-15-20(18,19)12-7-5-6-11(8-12)13(17)16(3)4/h5-8,10,14-15H,9H2,1-4H3. The van der Waals surface area contributed by atoms with Crippen molar-refractivity contribution in [3.8, 4) is 0 Å². The molecule has 1 atom stereocenters. The third-order valence-electron chi connectivity index (χ3n) is 2.87. The number of nitrogens with one attached hydrogen (secondary N) is 2. The molecule has 0 spiro atoms. The average molecular weight is 299 g/mol. The molecule has 112 valence electrons. The van der Waals surface area contributed by atoms with Gasteiger partial charge in [-0.05, 0) is 32.2 Å². The summed E-state index contributed by atoms with van der Waals surface area (Å²) in [5, 5.41) is 2.95. The maximum atomic E-state index is 12.1. The van der Waals surface area contributed by atoms with Gasteiger partial charge in [-0.15, -0.1) is 0 Å². The Morgan fingerprint density at radius 2 is 2.00 bits per heavy atom. The predicted molar refractivity (Wildman–Crippen MR) is 78.2 cm³/mol. The maximum Gasteiger partial charge on any atom is 0.253 e. The first-order valence-corrected chi connectivity index (χ1v) is 7.75. The number of carbonyl (C=O) groups excluding carboxylic acids is 1. The van der Waals surface area contributed by atoms with Gasteiger partial charge in [0.05, 0.1) is 4.90 Å². The summed E-state index contributed by atoms with van der Waals surface area (Å²) in [7, 11) is 1.39. The van der Waals surface area contributed by atoms with Gasteiger partial charge in [0.2, 0.25) is 10.0 Å². The van der Waals surface area contributed by atoms with Crippen molar-refractivity contribution in [3.63, 3.8) is 0 Å². The highest BCUT2D eigenvalue weighted by atomic mass is 32.2. The number of likely N-dealkylation sites (N-methyl/N-ethyl adjacent to an activating group) is 1. The lowest BCUT2D eigenvalue weighted by atomic mass is 10.2. The summed E-state index contributed by atoms with van der Waals surface area (Å²) in [5.74, 6) is -0.231. The Morgan fingerprint density at radius 1 is 1.35 bits per heavy atom. The largest absolute Gasteiger partial charge is 0.345 e. The minimum atomic E-state index is -3.61. The molecule has 0 saturated heterocycles. The SMILES string of the molecule is CNC(C)CNS(=O)(=O)c1cccc(C(=O)N(C)C)c1. The summed E-state index contributed by atoms with van der Waals surface area (Å²) >= 11 is 0. The van der Waals surface area contributed by atoms with Crippen molar-refractivity contribution < 1.29 is 13.2 Å². The minimum Gasteiger partial charge on any atom is -0.345 e. The van der Waals surface area contributed by atoms with E-state index in [2.05, 4.69) is 10.0 Å². The van der Waals surface area contributed by atoms with Crippen LogP contribution in [0.5, 0.6) is 0 Å². The lowest BCUT2D eigenvalue weighted by molar-refractivity contribution is 0.0827. The molecule has 0 bridgehead atoms. The van der Waals surface area contributed by atoms with Gasteiger partial charge in [-0.1, -0.05) is 6.07 Å². The van der Waals surface area contributed by atoms with Gasteiger partial charge in [-0.3, -0.25) is 4.79 Å². The fraction of sp³-hybridized carbons (Fsp3) is 0.462. The quantitative estimate of drug-likeness (QED) is 0.790. The molecule has 0 aromatic heterocycles. The lowest BCUT2D eigenvalue weighted by Crippen LogP contribution is -2.37. The van der Waals surface area contributed by atoms with E-state index in [9.17, 15) is 13.2 Å². The summed E-state index contributed by atoms with van der Waals surface area (Å²) in [6.07, 6.45) is 0. The maximum absolute atomic E-state index is 12.1. The third kappa shape index (κ3) is 4.29. The molecule has 7 heteroatoms. The lowest BCUT2D eigenvalue weighted by Gasteiger charge is -2.13. The van der Waals surface area contributed by atoms with Crippen LogP contribution in [0.3, 0.4) is 0 Å². The second-order valence-corrected chi connectivity index (χ2v) is 6.54. The van der Waals surface area contributed by atoms with Crippen LogP contribution in [-0.4, -0.2) is 53.0 Å². The van der Waals surface area contributed by atoms with Crippen LogP contribution in [-0.2, 0) is 10.0 Å². The Morgan fingerprint density at radius 3 is 2.55 bits per heavy atom. The van der Waals surface area contributed by atoms with Crippen molar-refractivity contribution in [2.24, 2.45) is 0 Å². The number of sulfonamides is 1. The average Bonchev–Trinajstić information content (AvgIpc) is 2.44. The summed E-state index contributed by atoms with van der Waals surface area (Å²) in [6, 6.07) is 6.04. The van der Waals surface area contributed by atoms with E-state index in [0.717, 1.165) is 0 Å². The van der Waals surface area contributed by atoms with E-state index in [0.29, 0.717) is 5.56 Å². The van der Waals surface area contributed by atoms with Gasteiger partial charge in [0.25, 0.3) is 5.91 Å². The van der Waals surface area contributed by atoms with Gasteiger partial charge in [-0.25, -0.2) is 13.1 Å². The monoisotopic (exact) mass is 299 g/mol. The first-order valence-electron chi connectivity index (χ1n) is 6.26. The molecule has 1 unspecified atom stereocenters. The summed E-state index contributed by atoms with van der Waals surface area (Å²) in [6.45, 7) is 2.15. The molecule has 0 aliphatic rings. The molecule has 1 aromatic rings. The third-order valence-corrected chi connectivity index (χ3v) is 4.29. The van der Waals surface area contributed by atoms with Crippen LogP contribution in [0.4, 0.5) is 0 Å². The van der Waals surface area contributed by atoms with Crippen LogP contribution in [0.15, 0.2) is 29.2 Å². The Kier molecular flexibility index (Phi) is 5.67. The molecular formula is C13H21N3O3S. The number of carbonyl (C=O) groups is 1. The molecule has 0 radical (unpaired) electrons. The number of hydrogen-bond donors (Lipinski definition) is 2. The first-order chi connectivity index (χ1) is 9.27. The number of nitrogens with zero attached hydrogens (tertiary/aromatic N) is 1. The molecule has 0 fully saturated rings. The Bertz CT molecular complexity index is 570. The normalized spacial score (nSPS) is 13.0. The Balaban J connectivity index is 2.96. The highest BCUT2D eigenvalue weighted by Gasteiger charge is 2.17. The van der Waals surface area contributed by atoms with Gasteiger partial charge in [0.15, 0.2) is 0 Å². The van der Waals surface area contributed by atoms with Crippen LogP contribution in [0.1, 0.15) is 17.3 Å². The van der Waals surface area contributed by atoms with Crippen molar-refractivity contribution in [2.45, 2.75) is 17.9 Å². The van der Waals surface area contributed by atoms with E-state index in [-0.39, 0.29) is 23.4 Å². The molecule has 20 heavy (non-hydrogen) atoms. The second-order valence-electron chi connectivity index (χ2n) is 4.77. The van der Waals surface area contributed by atoms with Crippen molar-refractivity contribution in [3.05, 3.63) is 29.8 Å². The van der Waals surface area contributed by atoms with Gasteiger partial charge in [0.1, 0.15) is 0 Å². The molecular weight excluding hydrogens is 278 g/mol. The molecule has 1 aromatic carbocycles. The fourth-order valence-corrected chi connectivity index (χ4v) is 2.65. The number of hydrogen-bond acceptors (Lipinski definition) is 4. The first kappa shape index (κ1) is 16.6. The molecule has 0 aliphatic carbocycles. The van der Waals surface area contributed by atoms with Crippen LogP contribution in [0.25, 0.3) is 0 Å². The van der Waals surface area contributed by atoms with Crippen LogP contribution < -0.4 is 10.0 Å². The van der Waals surface area contributed by atoms with Gasteiger partial charge in [-0.2, -0.15) is 0 Å². The summed E-state index contributed by atoms with van der Waals surface area (Å²) < 4.78 is 26.8. The van der Waals surface area contributed by atoms with Crippen molar-refractivity contribution in [1.29, 1.82) is 0 Å². The molecule has 1 amide bonds.